The second-order valence-electron chi connectivity index (χ2n) is 14.4. The Labute approximate surface area is 275 Å². The molecule has 2 atom stereocenters. The lowest BCUT2D eigenvalue weighted by Crippen LogP contribution is -2.52. The number of imide groups is 1. The van der Waals surface area contributed by atoms with Crippen LogP contribution in [0.15, 0.2) is 41.3 Å². The molecule has 1 saturated carbocycles. The molecule has 4 amide bonds. The summed E-state index contributed by atoms with van der Waals surface area (Å²) >= 11 is 0. The molecule has 1 spiro atoms. The van der Waals surface area contributed by atoms with Gasteiger partial charge in [0.1, 0.15) is 11.6 Å². The van der Waals surface area contributed by atoms with E-state index in [9.17, 15) is 24.0 Å². The summed E-state index contributed by atoms with van der Waals surface area (Å²) in [5.41, 5.74) is 2.57. The Morgan fingerprint density at radius 1 is 1.06 bits per heavy atom. The molecular formula is C37H44N4O6. The highest BCUT2D eigenvalue weighted by Gasteiger charge is 2.57. The summed E-state index contributed by atoms with van der Waals surface area (Å²) in [7, 11) is 0. The van der Waals surface area contributed by atoms with E-state index >= 15 is 0 Å². The van der Waals surface area contributed by atoms with E-state index in [4.69, 9.17) is 4.74 Å². The molecule has 1 aromatic heterocycles. The van der Waals surface area contributed by atoms with Gasteiger partial charge in [0.05, 0.1) is 0 Å². The summed E-state index contributed by atoms with van der Waals surface area (Å²) in [5.74, 6) is 5.71. The number of nitrogens with zero attached hydrogens (tertiary/aromatic N) is 3. The van der Waals surface area contributed by atoms with Crippen molar-refractivity contribution < 1.29 is 23.9 Å². The molecule has 1 aromatic carbocycles. The summed E-state index contributed by atoms with van der Waals surface area (Å²) in [6.45, 7) is 7.22. The maximum atomic E-state index is 13.0. The van der Waals surface area contributed by atoms with Gasteiger partial charge in [-0.1, -0.05) is 30.7 Å². The predicted molar refractivity (Wildman–Crippen MR) is 175 cm³/mol. The van der Waals surface area contributed by atoms with Crippen LogP contribution < -0.4 is 10.9 Å². The number of carbonyl (C=O) groups excluding carboxylic acids is 4. The van der Waals surface area contributed by atoms with Crippen molar-refractivity contribution >= 4 is 23.8 Å². The number of hydrogen-bond donors (Lipinski definition) is 1. The van der Waals surface area contributed by atoms with Gasteiger partial charge in [0.25, 0.3) is 11.5 Å². The highest BCUT2D eigenvalue weighted by molar-refractivity contribution is 6.05. The Bertz CT molecular complexity index is 1710. The van der Waals surface area contributed by atoms with Crippen LogP contribution in [0, 0.1) is 11.8 Å². The van der Waals surface area contributed by atoms with Crippen molar-refractivity contribution in [3.05, 3.63) is 69.1 Å². The highest BCUT2D eigenvalue weighted by Crippen LogP contribution is 2.54. The number of carbonyl (C=O) groups is 4. The van der Waals surface area contributed by atoms with Crippen molar-refractivity contribution in [2.45, 2.75) is 121 Å². The Morgan fingerprint density at radius 2 is 1.85 bits per heavy atom. The highest BCUT2D eigenvalue weighted by atomic mass is 16.6. The number of piperidine rings is 1. The van der Waals surface area contributed by atoms with E-state index in [0.29, 0.717) is 31.6 Å². The van der Waals surface area contributed by atoms with Gasteiger partial charge in [-0.05, 0) is 88.6 Å². The number of ether oxygens (including phenoxy) is 1. The average molecular weight is 641 g/mol. The molecule has 10 nitrogen and oxygen atoms in total. The molecule has 1 unspecified atom stereocenters. The number of likely N-dealkylation sites (tertiary alicyclic amines) is 1. The Hall–Kier alpha value is -4.39. The molecule has 4 heterocycles. The largest absolute Gasteiger partial charge is 0.444 e. The van der Waals surface area contributed by atoms with Gasteiger partial charge in [0.15, 0.2) is 0 Å². The van der Waals surface area contributed by atoms with E-state index in [-0.39, 0.29) is 41.3 Å². The van der Waals surface area contributed by atoms with Crippen LogP contribution in [0.4, 0.5) is 4.79 Å². The summed E-state index contributed by atoms with van der Waals surface area (Å²) < 4.78 is 7.43. The predicted octanol–water partition coefficient (Wildman–Crippen LogP) is 4.87. The van der Waals surface area contributed by atoms with Gasteiger partial charge in [-0.2, -0.15) is 0 Å². The van der Waals surface area contributed by atoms with E-state index in [2.05, 4.69) is 17.2 Å². The van der Waals surface area contributed by atoms with Gasteiger partial charge >= 0.3 is 6.09 Å². The van der Waals surface area contributed by atoms with Gasteiger partial charge in [-0.25, -0.2) is 4.79 Å². The third-order valence-corrected chi connectivity index (χ3v) is 9.79. The number of rotatable bonds is 8. The summed E-state index contributed by atoms with van der Waals surface area (Å²) in [6, 6.07) is 8.64. The van der Waals surface area contributed by atoms with Crippen molar-refractivity contribution in [1.82, 2.24) is 19.7 Å². The zero-order valence-corrected chi connectivity index (χ0v) is 27.6. The first-order valence-electron chi connectivity index (χ1n) is 16.9. The number of benzene rings is 1. The minimum absolute atomic E-state index is 0.000948. The molecule has 47 heavy (non-hydrogen) atoms. The number of aryl methyl sites for hydroxylation is 1. The van der Waals surface area contributed by atoms with Gasteiger partial charge in [-0.3, -0.25) is 24.5 Å². The number of amides is 4. The molecule has 0 bridgehead atoms. The lowest BCUT2D eigenvalue weighted by atomic mass is 9.96. The zero-order chi connectivity index (χ0) is 33.3. The Balaban J connectivity index is 0.944. The van der Waals surface area contributed by atoms with Crippen LogP contribution in [0.25, 0.3) is 0 Å². The van der Waals surface area contributed by atoms with Gasteiger partial charge < -0.3 is 19.1 Å². The smallest absolute Gasteiger partial charge is 0.410 e. The molecule has 3 fully saturated rings. The van der Waals surface area contributed by atoms with Crippen LogP contribution >= 0.6 is 0 Å². The monoisotopic (exact) mass is 640 g/mol. The SMILES string of the molecule is CC(C)(C)OC(=O)N1C[C@@H](c2ccn(CCCCCCC#Cc3cccc4c3CN(C3CCC(=O)NC3=O)C4=O)c(=O)c2)CC12CC2. The van der Waals surface area contributed by atoms with Crippen LogP contribution in [-0.2, 0) is 27.4 Å². The minimum atomic E-state index is -0.638. The second kappa shape index (κ2) is 13.0. The summed E-state index contributed by atoms with van der Waals surface area (Å²) in [4.78, 5) is 66.1. The van der Waals surface area contributed by atoms with E-state index in [1.807, 2.05) is 50.1 Å². The van der Waals surface area contributed by atoms with Gasteiger partial charge in [0.2, 0.25) is 11.8 Å². The van der Waals surface area contributed by atoms with Crippen LogP contribution in [0.2, 0.25) is 0 Å². The molecule has 1 N–H and O–H groups in total. The van der Waals surface area contributed by atoms with E-state index in [1.165, 1.54) is 0 Å². The van der Waals surface area contributed by atoms with Crippen LogP contribution in [-0.4, -0.2) is 61.9 Å². The van der Waals surface area contributed by atoms with Gasteiger partial charge in [0, 0.05) is 67.3 Å². The molecule has 3 aliphatic heterocycles. The number of fused-ring (bicyclic) bond motifs is 1. The normalized spacial score (nSPS) is 21.4. The number of unbranched alkanes of at least 4 members (excludes halogenated alkanes) is 4. The van der Waals surface area contributed by atoms with Crippen LogP contribution in [0.3, 0.4) is 0 Å². The van der Waals surface area contributed by atoms with E-state index < -0.39 is 17.6 Å². The topological polar surface area (TPSA) is 118 Å². The molecule has 10 heteroatoms. The van der Waals surface area contributed by atoms with E-state index in [1.54, 1.807) is 21.6 Å². The number of aromatic nitrogens is 1. The average Bonchev–Trinajstić information content (AvgIpc) is 3.56. The molecule has 6 rings (SSSR count). The minimum Gasteiger partial charge on any atom is -0.444 e. The van der Waals surface area contributed by atoms with Gasteiger partial charge in [-0.15, -0.1) is 0 Å². The van der Waals surface area contributed by atoms with Crippen molar-refractivity contribution in [2.24, 2.45) is 0 Å². The Kier molecular flexibility index (Phi) is 9.01. The zero-order valence-electron chi connectivity index (χ0n) is 27.6. The molecule has 248 valence electrons. The number of pyridine rings is 1. The second-order valence-corrected chi connectivity index (χ2v) is 14.4. The molecule has 1 aliphatic carbocycles. The fourth-order valence-corrected chi connectivity index (χ4v) is 7.15. The molecule has 4 aliphatic rings. The molecule has 2 aromatic rings. The Morgan fingerprint density at radius 3 is 2.57 bits per heavy atom. The van der Waals surface area contributed by atoms with Crippen molar-refractivity contribution in [3.8, 4) is 11.8 Å². The van der Waals surface area contributed by atoms with Crippen LogP contribution in [0.1, 0.15) is 118 Å². The number of nitrogens with one attached hydrogen (secondary N) is 1. The lowest BCUT2D eigenvalue weighted by Gasteiger charge is -2.29. The van der Waals surface area contributed by atoms with Crippen LogP contribution in [0.5, 0.6) is 0 Å². The quantitative estimate of drug-likeness (QED) is 0.250. The van der Waals surface area contributed by atoms with Crippen molar-refractivity contribution in [1.29, 1.82) is 0 Å². The molecule has 0 radical (unpaired) electrons. The maximum Gasteiger partial charge on any atom is 0.410 e. The lowest BCUT2D eigenvalue weighted by molar-refractivity contribution is -0.136. The molecular weight excluding hydrogens is 596 g/mol. The fourth-order valence-electron chi connectivity index (χ4n) is 7.15. The van der Waals surface area contributed by atoms with Crippen molar-refractivity contribution in [3.63, 3.8) is 0 Å². The molecule has 2 saturated heterocycles. The summed E-state index contributed by atoms with van der Waals surface area (Å²) in [5, 5.41) is 2.34. The first-order chi connectivity index (χ1) is 22.4. The van der Waals surface area contributed by atoms with E-state index in [0.717, 1.165) is 68.1 Å². The third-order valence-electron chi connectivity index (χ3n) is 9.79. The fraction of sp³-hybridized carbons (Fsp3) is 0.541. The number of hydrogen-bond acceptors (Lipinski definition) is 6. The first-order valence-corrected chi connectivity index (χ1v) is 16.9. The maximum absolute atomic E-state index is 13.0. The summed E-state index contributed by atoms with van der Waals surface area (Å²) in [6.07, 6.45) is 9.62. The first kappa shape index (κ1) is 32.5. The third kappa shape index (κ3) is 7.14. The standard InChI is InChI=1S/C37H44N4O6/c1-36(2,3)47-35(46)41-23-27(22-37(41)17-18-37)26-16-20-39(32(43)21-26)19-9-7-5-4-6-8-11-25-12-10-13-28-29(25)24-40(34(28)45)30-14-15-31(42)38-33(30)44/h10,12-13,16,20-21,27,30H,4-7,9,14-15,17-19,22-24H2,1-3H3,(H,38,42,44)/t27-,30?/m0/s1. The van der Waals surface area contributed by atoms with Crippen molar-refractivity contribution in [2.75, 3.05) is 6.54 Å².